The summed E-state index contributed by atoms with van der Waals surface area (Å²) in [6, 6.07) is 8.31. The van der Waals surface area contributed by atoms with Crippen molar-refractivity contribution < 1.29 is 9.53 Å². The van der Waals surface area contributed by atoms with Gasteiger partial charge in [0.05, 0.1) is 7.11 Å². The molecule has 1 amide bonds. The Bertz CT molecular complexity index is 453. The van der Waals surface area contributed by atoms with Crippen molar-refractivity contribution in [2.75, 3.05) is 20.2 Å². The molecule has 0 N–H and O–H groups in total. The van der Waals surface area contributed by atoms with Crippen molar-refractivity contribution in [3.8, 4) is 5.75 Å². The third kappa shape index (κ3) is 4.48. The van der Waals surface area contributed by atoms with Crippen LogP contribution < -0.4 is 4.74 Å². The molecule has 3 nitrogen and oxygen atoms in total. The quantitative estimate of drug-likeness (QED) is 0.843. The van der Waals surface area contributed by atoms with Crippen molar-refractivity contribution in [3.63, 3.8) is 0 Å². The molecule has 1 aliphatic heterocycles. The number of carbonyl (C=O) groups is 1. The van der Waals surface area contributed by atoms with E-state index >= 15 is 0 Å². The molecule has 1 atom stereocenters. The molecule has 0 radical (unpaired) electrons. The SMILES string of the molecule is COc1ccc(C2CCCCN(C(=O)CC(C)C)C2)cc1. The minimum Gasteiger partial charge on any atom is -0.497 e. The number of hydrogen-bond acceptors (Lipinski definition) is 2. The largest absolute Gasteiger partial charge is 0.497 e. The Hall–Kier alpha value is -1.51. The number of benzene rings is 1. The van der Waals surface area contributed by atoms with Gasteiger partial charge in [-0.1, -0.05) is 32.4 Å². The molecule has 1 aromatic rings. The Balaban J connectivity index is 2.06. The van der Waals surface area contributed by atoms with E-state index in [2.05, 4.69) is 30.9 Å². The first-order chi connectivity index (χ1) is 10.1. The Morgan fingerprint density at radius 3 is 2.62 bits per heavy atom. The van der Waals surface area contributed by atoms with Crippen LogP contribution in [0.2, 0.25) is 0 Å². The predicted octanol–water partition coefficient (Wildman–Crippen LogP) is 3.84. The lowest BCUT2D eigenvalue weighted by atomic mass is 9.94. The van der Waals surface area contributed by atoms with Crippen molar-refractivity contribution in [2.24, 2.45) is 5.92 Å². The summed E-state index contributed by atoms with van der Waals surface area (Å²) < 4.78 is 5.22. The highest BCUT2D eigenvalue weighted by atomic mass is 16.5. The van der Waals surface area contributed by atoms with Gasteiger partial charge < -0.3 is 9.64 Å². The summed E-state index contributed by atoms with van der Waals surface area (Å²) in [5.74, 6) is 2.08. The molecule has 2 rings (SSSR count). The minimum absolute atomic E-state index is 0.311. The number of carbonyl (C=O) groups excluding carboxylic acids is 1. The van der Waals surface area contributed by atoms with Crippen molar-refractivity contribution in [2.45, 2.75) is 45.4 Å². The molecule has 3 heteroatoms. The van der Waals surface area contributed by atoms with Crippen molar-refractivity contribution in [3.05, 3.63) is 29.8 Å². The number of likely N-dealkylation sites (tertiary alicyclic amines) is 1. The summed E-state index contributed by atoms with van der Waals surface area (Å²) in [7, 11) is 1.69. The highest BCUT2D eigenvalue weighted by Gasteiger charge is 2.23. The molecule has 0 aliphatic carbocycles. The van der Waals surface area contributed by atoms with E-state index in [9.17, 15) is 4.79 Å². The van der Waals surface area contributed by atoms with E-state index in [0.29, 0.717) is 24.2 Å². The van der Waals surface area contributed by atoms with Gasteiger partial charge in [0.25, 0.3) is 0 Å². The zero-order valence-corrected chi connectivity index (χ0v) is 13.5. The molecule has 1 saturated heterocycles. The lowest BCUT2D eigenvalue weighted by Crippen LogP contribution is -2.34. The Kier molecular flexibility index (Phi) is 5.66. The van der Waals surface area contributed by atoms with Gasteiger partial charge in [0.2, 0.25) is 5.91 Å². The number of ether oxygens (including phenoxy) is 1. The molecule has 1 aliphatic rings. The van der Waals surface area contributed by atoms with Crippen LogP contribution >= 0.6 is 0 Å². The van der Waals surface area contributed by atoms with Crippen LogP contribution in [0.15, 0.2) is 24.3 Å². The fourth-order valence-corrected chi connectivity index (χ4v) is 3.00. The highest BCUT2D eigenvalue weighted by molar-refractivity contribution is 5.76. The second-order valence-electron chi connectivity index (χ2n) is 6.40. The number of amides is 1. The lowest BCUT2D eigenvalue weighted by molar-refractivity contribution is -0.132. The predicted molar refractivity (Wildman–Crippen MR) is 85.6 cm³/mol. The van der Waals surface area contributed by atoms with Gasteiger partial charge in [0.15, 0.2) is 0 Å². The van der Waals surface area contributed by atoms with E-state index in [1.165, 1.54) is 12.0 Å². The Morgan fingerprint density at radius 2 is 2.00 bits per heavy atom. The molecule has 1 unspecified atom stereocenters. The monoisotopic (exact) mass is 289 g/mol. The molecule has 0 saturated carbocycles. The van der Waals surface area contributed by atoms with Crippen molar-refractivity contribution >= 4 is 5.91 Å². The third-order valence-corrected chi connectivity index (χ3v) is 4.19. The molecule has 0 bridgehead atoms. The van der Waals surface area contributed by atoms with Crippen LogP contribution in [0, 0.1) is 5.92 Å². The van der Waals surface area contributed by atoms with Gasteiger partial charge in [-0.05, 0) is 36.5 Å². The van der Waals surface area contributed by atoms with Crippen LogP contribution in [0.25, 0.3) is 0 Å². The van der Waals surface area contributed by atoms with E-state index in [4.69, 9.17) is 4.74 Å². The summed E-state index contributed by atoms with van der Waals surface area (Å²) in [5, 5.41) is 0. The molecule has 1 fully saturated rings. The maximum atomic E-state index is 12.3. The van der Waals surface area contributed by atoms with Crippen molar-refractivity contribution in [1.82, 2.24) is 4.90 Å². The van der Waals surface area contributed by atoms with Gasteiger partial charge in [0.1, 0.15) is 5.75 Å². The van der Waals surface area contributed by atoms with Gasteiger partial charge >= 0.3 is 0 Å². The summed E-state index contributed by atoms with van der Waals surface area (Å²) in [5.41, 5.74) is 1.32. The van der Waals surface area contributed by atoms with Gasteiger partial charge in [-0.25, -0.2) is 0 Å². The van der Waals surface area contributed by atoms with Gasteiger partial charge in [-0.2, -0.15) is 0 Å². The molecule has 1 heterocycles. The van der Waals surface area contributed by atoms with Gasteiger partial charge in [-0.3, -0.25) is 4.79 Å². The molecule has 1 aromatic carbocycles. The standard InChI is InChI=1S/C18H27NO2/c1-14(2)12-18(20)19-11-5-4-6-16(13-19)15-7-9-17(21-3)10-8-15/h7-10,14,16H,4-6,11-13H2,1-3H3. The topological polar surface area (TPSA) is 29.5 Å². The van der Waals surface area contributed by atoms with Gasteiger partial charge in [0, 0.05) is 25.4 Å². The van der Waals surface area contributed by atoms with Crippen LogP contribution in [0.1, 0.15) is 51.0 Å². The smallest absolute Gasteiger partial charge is 0.222 e. The van der Waals surface area contributed by atoms with E-state index in [0.717, 1.165) is 31.7 Å². The van der Waals surface area contributed by atoms with E-state index in [1.807, 2.05) is 12.1 Å². The summed E-state index contributed by atoms with van der Waals surface area (Å²) >= 11 is 0. The summed E-state index contributed by atoms with van der Waals surface area (Å²) in [4.78, 5) is 14.4. The van der Waals surface area contributed by atoms with Crippen LogP contribution in [0.4, 0.5) is 0 Å². The average molecular weight is 289 g/mol. The van der Waals surface area contributed by atoms with E-state index in [1.54, 1.807) is 7.11 Å². The second kappa shape index (κ2) is 7.48. The van der Waals surface area contributed by atoms with Crippen LogP contribution in [0.3, 0.4) is 0 Å². The zero-order valence-electron chi connectivity index (χ0n) is 13.5. The number of hydrogen-bond donors (Lipinski definition) is 0. The summed E-state index contributed by atoms with van der Waals surface area (Å²) in [6.07, 6.45) is 4.14. The van der Waals surface area contributed by atoms with E-state index in [-0.39, 0.29) is 0 Å². The maximum absolute atomic E-state index is 12.3. The van der Waals surface area contributed by atoms with Gasteiger partial charge in [-0.15, -0.1) is 0 Å². The fraction of sp³-hybridized carbons (Fsp3) is 0.611. The number of rotatable bonds is 4. The Labute approximate surface area is 128 Å². The Morgan fingerprint density at radius 1 is 1.29 bits per heavy atom. The fourth-order valence-electron chi connectivity index (χ4n) is 3.00. The normalized spacial score (nSPS) is 19.4. The second-order valence-corrected chi connectivity index (χ2v) is 6.40. The van der Waals surface area contributed by atoms with Crippen LogP contribution in [-0.2, 0) is 4.79 Å². The molecule has 21 heavy (non-hydrogen) atoms. The van der Waals surface area contributed by atoms with Crippen molar-refractivity contribution in [1.29, 1.82) is 0 Å². The number of nitrogens with zero attached hydrogens (tertiary/aromatic N) is 1. The lowest BCUT2D eigenvalue weighted by Gasteiger charge is -2.25. The average Bonchev–Trinajstić information content (AvgIpc) is 2.73. The molecule has 0 aromatic heterocycles. The maximum Gasteiger partial charge on any atom is 0.222 e. The molecule has 0 spiro atoms. The molecular weight excluding hydrogens is 262 g/mol. The van der Waals surface area contributed by atoms with E-state index < -0.39 is 0 Å². The van der Waals surface area contributed by atoms with Crippen LogP contribution in [0.5, 0.6) is 5.75 Å². The third-order valence-electron chi connectivity index (χ3n) is 4.19. The first kappa shape index (κ1) is 15.9. The first-order valence-corrected chi connectivity index (χ1v) is 8.02. The molecule has 116 valence electrons. The van der Waals surface area contributed by atoms with Crippen LogP contribution in [-0.4, -0.2) is 31.0 Å². The minimum atomic E-state index is 0.311. The summed E-state index contributed by atoms with van der Waals surface area (Å²) in [6.45, 7) is 5.99. The highest BCUT2D eigenvalue weighted by Crippen LogP contribution is 2.28. The zero-order chi connectivity index (χ0) is 15.2. The first-order valence-electron chi connectivity index (χ1n) is 8.02. The molecular formula is C18H27NO2. The number of methoxy groups -OCH3 is 1.